The summed E-state index contributed by atoms with van der Waals surface area (Å²) in [7, 11) is 0. The van der Waals surface area contributed by atoms with Gasteiger partial charge in [-0.25, -0.2) is 4.79 Å². The number of urea groups is 1. The molecule has 1 aromatic carbocycles. The number of rotatable bonds is 6. The first-order valence-corrected chi connectivity index (χ1v) is 10.0. The second kappa shape index (κ2) is 9.64. The number of amides is 3. The third-order valence-corrected chi connectivity index (χ3v) is 5.19. The van der Waals surface area contributed by atoms with Crippen molar-refractivity contribution in [3.05, 3.63) is 52.9 Å². The normalized spacial score (nSPS) is 16.6. The summed E-state index contributed by atoms with van der Waals surface area (Å²) < 4.78 is 5.45. The van der Waals surface area contributed by atoms with E-state index in [0.717, 1.165) is 43.0 Å². The van der Waals surface area contributed by atoms with Crippen molar-refractivity contribution in [1.82, 2.24) is 10.2 Å². The van der Waals surface area contributed by atoms with E-state index in [9.17, 15) is 9.59 Å². The predicted octanol–water partition coefficient (Wildman–Crippen LogP) is 4.58. The number of likely N-dealkylation sites (tertiary alicyclic amines) is 1. The van der Waals surface area contributed by atoms with E-state index in [1.165, 1.54) is 0 Å². The lowest BCUT2D eigenvalue weighted by Gasteiger charge is -2.32. The summed E-state index contributed by atoms with van der Waals surface area (Å²) in [5.41, 5.74) is 0.726. The van der Waals surface area contributed by atoms with Crippen molar-refractivity contribution in [2.24, 2.45) is 5.92 Å². The number of nitrogens with zero attached hydrogens (tertiary/aromatic N) is 1. The lowest BCUT2D eigenvalue weighted by atomic mass is 9.93. The van der Waals surface area contributed by atoms with Gasteiger partial charge in [0, 0.05) is 30.2 Å². The Kier molecular flexibility index (Phi) is 6.98. The molecule has 3 amide bonds. The molecule has 0 saturated carbocycles. The number of carbonyl (C=O) groups excluding carboxylic acids is 2. The van der Waals surface area contributed by atoms with Gasteiger partial charge in [-0.05, 0) is 68.5 Å². The molecule has 2 aromatic rings. The van der Waals surface area contributed by atoms with Crippen LogP contribution in [0.3, 0.4) is 0 Å². The van der Waals surface area contributed by atoms with Crippen molar-refractivity contribution in [1.29, 1.82) is 0 Å². The molecule has 2 N–H and O–H groups in total. The van der Waals surface area contributed by atoms with Gasteiger partial charge in [-0.15, -0.1) is 0 Å². The monoisotopic (exact) mass is 403 g/mol. The zero-order valence-corrected chi connectivity index (χ0v) is 16.8. The molecule has 2 heterocycles. The van der Waals surface area contributed by atoms with E-state index in [4.69, 9.17) is 16.0 Å². The van der Waals surface area contributed by atoms with Crippen LogP contribution in [-0.2, 0) is 11.3 Å². The molecule has 1 atom stereocenters. The third-order valence-electron chi connectivity index (χ3n) is 4.94. The number of piperidine rings is 1. The van der Waals surface area contributed by atoms with Gasteiger partial charge in [0.1, 0.15) is 11.5 Å². The van der Waals surface area contributed by atoms with Gasteiger partial charge >= 0.3 is 6.03 Å². The van der Waals surface area contributed by atoms with Gasteiger partial charge in [0.15, 0.2) is 0 Å². The van der Waals surface area contributed by atoms with Gasteiger partial charge in [0.05, 0.1) is 6.54 Å². The van der Waals surface area contributed by atoms with Gasteiger partial charge in [-0.2, -0.15) is 0 Å². The van der Waals surface area contributed by atoms with Crippen molar-refractivity contribution >= 4 is 29.2 Å². The minimum atomic E-state index is -0.107. The molecule has 1 aromatic heterocycles. The smallest absolute Gasteiger partial charge is 0.321 e. The molecule has 7 heteroatoms. The highest BCUT2D eigenvalue weighted by molar-refractivity contribution is 6.30. The molecule has 1 aliphatic rings. The number of anilines is 1. The summed E-state index contributed by atoms with van der Waals surface area (Å²) in [6.07, 6.45) is 3.21. The molecule has 1 aliphatic heterocycles. The molecule has 28 heavy (non-hydrogen) atoms. The summed E-state index contributed by atoms with van der Waals surface area (Å²) in [5.74, 6) is 1.94. The molecule has 0 radical (unpaired) electrons. The molecule has 0 bridgehead atoms. The summed E-state index contributed by atoms with van der Waals surface area (Å²) in [5, 5.41) is 6.43. The zero-order chi connectivity index (χ0) is 19.9. The van der Waals surface area contributed by atoms with Gasteiger partial charge in [0.2, 0.25) is 5.91 Å². The Balaban J connectivity index is 1.40. The lowest BCUT2D eigenvalue weighted by Crippen LogP contribution is -2.42. The first kappa shape index (κ1) is 20.3. The first-order valence-electron chi connectivity index (χ1n) is 9.63. The van der Waals surface area contributed by atoms with Crippen LogP contribution in [0, 0.1) is 12.8 Å². The van der Waals surface area contributed by atoms with Crippen LogP contribution in [0.2, 0.25) is 5.02 Å². The predicted molar refractivity (Wildman–Crippen MR) is 109 cm³/mol. The minimum Gasteiger partial charge on any atom is -0.465 e. The van der Waals surface area contributed by atoms with Gasteiger partial charge in [0.25, 0.3) is 0 Å². The molecule has 6 nitrogen and oxygen atoms in total. The molecule has 3 rings (SSSR count). The standard InChI is InChI=1S/C21H26ClN3O3/c1-15-4-10-19(28-15)13-23-20(26)11-5-16-3-2-12-25(14-16)21(27)24-18-8-6-17(22)7-9-18/h4,6-10,16H,2-3,5,11-14H2,1H3,(H,23,26)(H,24,27)/t16-/m1/s1. The van der Waals surface area contributed by atoms with Crippen LogP contribution in [0.5, 0.6) is 0 Å². The molecule has 150 valence electrons. The number of furan rings is 1. The second-order valence-corrected chi connectivity index (χ2v) is 7.66. The highest BCUT2D eigenvalue weighted by Gasteiger charge is 2.24. The topological polar surface area (TPSA) is 74.6 Å². The Hall–Kier alpha value is -2.47. The van der Waals surface area contributed by atoms with E-state index in [0.29, 0.717) is 30.5 Å². The molecular weight excluding hydrogens is 378 g/mol. The van der Waals surface area contributed by atoms with Crippen molar-refractivity contribution in [3.8, 4) is 0 Å². The number of halogens is 1. The van der Waals surface area contributed by atoms with Crippen LogP contribution < -0.4 is 10.6 Å². The van der Waals surface area contributed by atoms with E-state index < -0.39 is 0 Å². The molecule has 0 unspecified atom stereocenters. The number of benzene rings is 1. The summed E-state index contributed by atoms with van der Waals surface area (Å²) >= 11 is 5.87. The van der Waals surface area contributed by atoms with Crippen molar-refractivity contribution < 1.29 is 14.0 Å². The van der Waals surface area contributed by atoms with Crippen molar-refractivity contribution in [2.45, 2.75) is 39.2 Å². The van der Waals surface area contributed by atoms with Crippen molar-refractivity contribution in [3.63, 3.8) is 0 Å². The number of carbonyl (C=O) groups is 2. The Morgan fingerprint density at radius 1 is 1.21 bits per heavy atom. The molecule has 0 spiro atoms. The van der Waals surface area contributed by atoms with E-state index >= 15 is 0 Å². The summed E-state index contributed by atoms with van der Waals surface area (Å²) in [6.45, 7) is 3.69. The van der Waals surface area contributed by atoms with Gasteiger partial charge in [-0.1, -0.05) is 11.6 Å². The van der Waals surface area contributed by atoms with Crippen LogP contribution >= 0.6 is 11.6 Å². The summed E-state index contributed by atoms with van der Waals surface area (Å²) in [4.78, 5) is 26.4. The fourth-order valence-corrected chi connectivity index (χ4v) is 3.54. The van der Waals surface area contributed by atoms with Crippen LogP contribution in [0.4, 0.5) is 10.5 Å². The van der Waals surface area contributed by atoms with E-state index in [1.807, 2.05) is 24.0 Å². The maximum atomic E-state index is 12.5. The highest BCUT2D eigenvalue weighted by Crippen LogP contribution is 2.22. The quantitative estimate of drug-likeness (QED) is 0.741. The Bertz CT molecular complexity index is 803. The average Bonchev–Trinajstić information content (AvgIpc) is 3.12. The largest absolute Gasteiger partial charge is 0.465 e. The van der Waals surface area contributed by atoms with E-state index in [2.05, 4.69) is 10.6 Å². The Labute approximate surface area is 170 Å². The minimum absolute atomic E-state index is 0.0109. The van der Waals surface area contributed by atoms with Crippen LogP contribution in [0.25, 0.3) is 0 Å². The van der Waals surface area contributed by atoms with Crippen LogP contribution in [-0.4, -0.2) is 29.9 Å². The maximum Gasteiger partial charge on any atom is 0.321 e. The molecule has 1 saturated heterocycles. The second-order valence-electron chi connectivity index (χ2n) is 7.22. The van der Waals surface area contributed by atoms with Gasteiger partial charge < -0.3 is 20.0 Å². The highest BCUT2D eigenvalue weighted by atomic mass is 35.5. The SMILES string of the molecule is Cc1ccc(CNC(=O)CC[C@H]2CCCN(C(=O)Nc3ccc(Cl)cc3)C2)o1. The fraction of sp³-hybridized carbons (Fsp3) is 0.429. The van der Waals surface area contributed by atoms with Crippen LogP contribution in [0.1, 0.15) is 37.2 Å². The average molecular weight is 404 g/mol. The van der Waals surface area contributed by atoms with Gasteiger partial charge in [-0.3, -0.25) is 4.79 Å². The van der Waals surface area contributed by atoms with Crippen molar-refractivity contribution in [2.75, 3.05) is 18.4 Å². The summed E-state index contributed by atoms with van der Waals surface area (Å²) in [6, 6.07) is 10.7. The van der Waals surface area contributed by atoms with Crippen LogP contribution in [0.15, 0.2) is 40.8 Å². The number of hydrogen-bond acceptors (Lipinski definition) is 3. The first-order chi connectivity index (χ1) is 13.5. The van der Waals surface area contributed by atoms with E-state index in [-0.39, 0.29) is 11.9 Å². The number of hydrogen-bond donors (Lipinski definition) is 2. The Morgan fingerprint density at radius 2 is 2.00 bits per heavy atom. The molecule has 0 aliphatic carbocycles. The lowest BCUT2D eigenvalue weighted by molar-refractivity contribution is -0.121. The third kappa shape index (κ3) is 6.02. The molecular formula is C21H26ClN3O3. The zero-order valence-electron chi connectivity index (χ0n) is 16.0. The maximum absolute atomic E-state index is 12.5. The number of nitrogens with one attached hydrogen (secondary N) is 2. The number of aryl methyl sites for hydroxylation is 1. The molecule has 1 fully saturated rings. The Morgan fingerprint density at radius 3 is 2.71 bits per heavy atom. The van der Waals surface area contributed by atoms with E-state index in [1.54, 1.807) is 24.3 Å². The fourth-order valence-electron chi connectivity index (χ4n) is 3.41.